The molecule has 0 bridgehead atoms. The Bertz CT molecular complexity index is 385. The Balaban J connectivity index is 3.45. The van der Waals surface area contributed by atoms with Crippen molar-refractivity contribution >= 4 is 28.4 Å². The van der Waals surface area contributed by atoms with Crippen molar-refractivity contribution in [3.63, 3.8) is 0 Å². The van der Waals surface area contributed by atoms with E-state index in [1.807, 2.05) is 0 Å². The van der Waals surface area contributed by atoms with Gasteiger partial charge in [0.05, 0.1) is 0 Å². The first-order valence-electron chi connectivity index (χ1n) is 3.24. The summed E-state index contributed by atoms with van der Waals surface area (Å²) >= 11 is 10.4. The highest BCUT2D eigenvalue weighted by Crippen LogP contribution is 2.34. The summed E-state index contributed by atoms with van der Waals surface area (Å²) in [4.78, 5) is 10.7. The Morgan fingerprint density at radius 2 is 2.00 bits per heavy atom. The standard InChI is InChI=1S/C6H3Cl2F3N2O/c1-13-4(7)2(5(8)14)3(12-13)6(9,10)11/h1H3. The molecular weight excluding hydrogens is 244 g/mol. The zero-order valence-electron chi connectivity index (χ0n) is 6.69. The van der Waals surface area contributed by atoms with Crippen LogP contribution in [0.3, 0.4) is 0 Å². The molecule has 0 unspecified atom stereocenters. The quantitative estimate of drug-likeness (QED) is 0.714. The van der Waals surface area contributed by atoms with Crippen molar-refractivity contribution in [1.29, 1.82) is 0 Å². The second kappa shape index (κ2) is 3.43. The zero-order chi connectivity index (χ0) is 11.1. The molecule has 0 aromatic carbocycles. The summed E-state index contributed by atoms with van der Waals surface area (Å²) in [6.45, 7) is 0. The van der Waals surface area contributed by atoms with Gasteiger partial charge in [-0.25, -0.2) is 0 Å². The Morgan fingerprint density at radius 1 is 1.50 bits per heavy atom. The number of nitrogens with zero attached hydrogens (tertiary/aromatic N) is 2. The Morgan fingerprint density at radius 3 is 2.29 bits per heavy atom. The average Bonchev–Trinajstić information content (AvgIpc) is 2.27. The summed E-state index contributed by atoms with van der Waals surface area (Å²) in [5, 5.41) is 1.34. The smallest absolute Gasteiger partial charge is 0.275 e. The maximum absolute atomic E-state index is 12.3. The van der Waals surface area contributed by atoms with Crippen molar-refractivity contribution in [3.8, 4) is 0 Å². The summed E-state index contributed by atoms with van der Waals surface area (Å²) in [7, 11) is 1.18. The lowest BCUT2D eigenvalue weighted by Gasteiger charge is -2.02. The molecule has 0 saturated carbocycles. The van der Waals surface area contributed by atoms with Crippen molar-refractivity contribution in [2.45, 2.75) is 6.18 Å². The van der Waals surface area contributed by atoms with Crippen LogP contribution in [0.25, 0.3) is 0 Å². The topological polar surface area (TPSA) is 34.9 Å². The van der Waals surface area contributed by atoms with E-state index in [9.17, 15) is 18.0 Å². The number of alkyl halides is 3. The first kappa shape index (κ1) is 11.3. The molecule has 0 aliphatic rings. The predicted molar refractivity (Wildman–Crippen MR) is 43.4 cm³/mol. The third kappa shape index (κ3) is 1.85. The third-order valence-electron chi connectivity index (χ3n) is 1.44. The maximum atomic E-state index is 12.3. The van der Waals surface area contributed by atoms with Gasteiger partial charge in [0.1, 0.15) is 10.7 Å². The molecule has 0 saturated heterocycles. The van der Waals surface area contributed by atoms with Crippen molar-refractivity contribution < 1.29 is 18.0 Å². The van der Waals surface area contributed by atoms with Gasteiger partial charge >= 0.3 is 6.18 Å². The van der Waals surface area contributed by atoms with Gasteiger partial charge in [0, 0.05) is 7.05 Å². The predicted octanol–water partition coefficient (Wildman–Crippen LogP) is 2.47. The zero-order valence-corrected chi connectivity index (χ0v) is 8.20. The molecule has 0 spiro atoms. The maximum Gasteiger partial charge on any atom is 0.436 e. The summed E-state index contributed by atoms with van der Waals surface area (Å²) in [6, 6.07) is 0. The molecular formula is C6H3Cl2F3N2O. The number of hydrogen-bond acceptors (Lipinski definition) is 2. The van der Waals surface area contributed by atoms with E-state index >= 15 is 0 Å². The summed E-state index contributed by atoms with van der Waals surface area (Å²) in [5.41, 5.74) is -2.19. The molecule has 1 aromatic heterocycles. The fraction of sp³-hybridized carbons (Fsp3) is 0.333. The van der Waals surface area contributed by atoms with Gasteiger partial charge in [0.25, 0.3) is 5.24 Å². The van der Waals surface area contributed by atoms with Crippen LogP contribution < -0.4 is 0 Å². The number of rotatable bonds is 1. The lowest BCUT2D eigenvalue weighted by Crippen LogP contribution is -2.10. The first-order chi connectivity index (χ1) is 6.25. The summed E-state index contributed by atoms with van der Waals surface area (Å²) < 4.78 is 37.5. The van der Waals surface area contributed by atoms with Crippen LogP contribution >= 0.6 is 23.2 Å². The van der Waals surface area contributed by atoms with Crippen LogP contribution in [0.15, 0.2) is 0 Å². The minimum Gasteiger partial charge on any atom is -0.275 e. The number of halogens is 5. The van der Waals surface area contributed by atoms with Crippen LogP contribution in [0.1, 0.15) is 16.1 Å². The van der Waals surface area contributed by atoms with E-state index < -0.39 is 27.8 Å². The highest BCUT2D eigenvalue weighted by atomic mass is 35.5. The van der Waals surface area contributed by atoms with Crippen LogP contribution in [-0.4, -0.2) is 15.0 Å². The molecule has 1 heterocycles. The number of aromatic nitrogens is 2. The normalized spacial score (nSPS) is 11.9. The molecule has 1 aromatic rings. The van der Waals surface area contributed by atoms with E-state index in [4.69, 9.17) is 23.2 Å². The molecule has 1 rings (SSSR count). The van der Waals surface area contributed by atoms with E-state index in [1.54, 1.807) is 0 Å². The van der Waals surface area contributed by atoms with E-state index in [1.165, 1.54) is 7.05 Å². The van der Waals surface area contributed by atoms with Crippen LogP contribution in [-0.2, 0) is 13.2 Å². The van der Waals surface area contributed by atoms with Crippen molar-refractivity contribution in [1.82, 2.24) is 9.78 Å². The molecule has 8 heteroatoms. The Kier molecular flexibility index (Phi) is 2.78. The van der Waals surface area contributed by atoms with Gasteiger partial charge in [-0.05, 0) is 11.6 Å². The van der Waals surface area contributed by atoms with Gasteiger partial charge in [-0.1, -0.05) is 11.6 Å². The molecule has 78 valence electrons. The highest BCUT2D eigenvalue weighted by molar-refractivity contribution is 6.68. The molecule has 3 nitrogen and oxygen atoms in total. The second-order valence-corrected chi connectivity index (χ2v) is 3.11. The minimum absolute atomic E-state index is 0.433. The van der Waals surface area contributed by atoms with Gasteiger partial charge in [0.15, 0.2) is 5.69 Å². The molecule has 0 aliphatic heterocycles. The van der Waals surface area contributed by atoms with E-state index in [0.717, 1.165) is 4.68 Å². The fourth-order valence-corrected chi connectivity index (χ4v) is 1.32. The Labute approximate surface area is 86.4 Å². The van der Waals surface area contributed by atoms with Crippen LogP contribution in [0.4, 0.5) is 13.2 Å². The van der Waals surface area contributed by atoms with Crippen LogP contribution in [0.2, 0.25) is 5.15 Å². The van der Waals surface area contributed by atoms with E-state index in [2.05, 4.69) is 5.10 Å². The molecule has 0 atom stereocenters. The van der Waals surface area contributed by atoms with Gasteiger partial charge in [-0.2, -0.15) is 18.3 Å². The first-order valence-corrected chi connectivity index (χ1v) is 4.00. The van der Waals surface area contributed by atoms with Crippen LogP contribution in [0, 0.1) is 0 Å². The summed E-state index contributed by atoms with van der Waals surface area (Å²) in [5.74, 6) is 0. The number of carbonyl (C=O) groups is 1. The molecule has 0 amide bonds. The van der Waals surface area contributed by atoms with Crippen molar-refractivity contribution in [2.75, 3.05) is 0 Å². The van der Waals surface area contributed by atoms with Crippen molar-refractivity contribution in [2.24, 2.45) is 7.05 Å². The SMILES string of the molecule is Cn1nc(C(F)(F)F)c(C(=O)Cl)c1Cl. The molecule has 0 aliphatic carbocycles. The largest absolute Gasteiger partial charge is 0.436 e. The lowest BCUT2D eigenvalue weighted by molar-refractivity contribution is -0.141. The molecule has 0 fully saturated rings. The van der Waals surface area contributed by atoms with E-state index in [0.29, 0.717) is 0 Å². The fourth-order valence-electron chi connectivity index (χ4n) is 0.876. The van der Waals surface area contributed by atoms with Gasteiger partial charge in [0.2, 0.25) is 0 Å². The monoisotopic (exact) mass is 246 g/mol. The number of carbonyl (C=O) groups excluding carboxylic acids is 1. The third-order valence-corrected chi connectivity index (χ3v) is 2.06. The molecule has 0 radical (unpaired) electrons. The lowest BCUT2D eigenvalue weighted by atomic mass is 10.2. The number of aryl methyl sites for hydroxylation is 1. The molecule has 0 N–H and O–H groups in total. The second-order valence-electron chi connectivity index (χ2n) is 2.41. The Hall–Kier alpha value is -0.750. The van der Waals surface area contributed by atoms with Gasteiger partial charge in [-0.3, -0.25) is 9.48 Å². The van der Waals surface area contributed by atoms with E-state index in [-0.39, 0.29) is 0 Å². The highest BCUT2D eigenvalue weighted by Gasteiger charge is 2.40. The average molecular weight is 247 g/mol. The number of hydrogen-bond donors (Lipinski definition) is 0. The van der Waals surface area contributed by atoms with Crippen molar-refractivity contribution in [3.05, 3.63) is 16.4 Å². The van der Waals surface area contributed by atoms with Gasteiger partial charge < -0.3 is 0 Å². The summed E-state index contributed by atoms with van der Waals surface area (Å²) in [6.07, 6.45) is -4.75. The molecule has 14 heavy (non-hydrogen) atoms. The minimum atomic E-state index is -4.75. The van der Waals surface area contributed by atoms with Crippen LogP contribution in [0.5, 0.6) is 0 Å². The van der Waals surface area contributed by atoms with Gasteiger partial charge in [-0.15, -0.1) is 0 Å².